The van der Waals surface area contributed by atoms with Crippen LogP contribution >= 0.6 is 11.8 Å². The summed E-state index contributed by atoms with van der Waals surface area (Å²) in [6, 6.07) is 9.93. The number of hydrogen-bond donors (Lipinski definition) is 1. The molecule has 2 unspecified atom stereocenters. The molecule has 1 N–H and O–H groups in total. The van der Waals surface area contributed by atoms with Gasteiger partial charge < -0.3 is 19.3 Å². The summed E-state index contributed by atoms with van der Waals surface area (Å²) in [5, 5.41) is 10.5. The van der Waals surface area contributed by atoms with Gasteiger partial charge in [-0.25, -0.2) is 0 Å². The Bertz CT molecular complexity index is 464. The second-order valence-corrected chi connectivity index (χ2v) is 6.87. The zero-order chi connectivity index (χ0) is 14.3. The predicted octanol–water partition coefficient (Wildman–Crippen LogP) is 2.40. The first-order valence-corrected chi connectivity index (χ1v) is 7.75. The van der Waals surface area contributed by atoms with Crippen LogP contribution in [0, 0.1) is 0 Å². The van der Waals surface area contributed by atoms with Gasteiger partial charge in [0.2, 0.25) is 0 Å². The summed E-state index contributed by atoms with van der Waals surface area (Å²) in [6.45, 7) is 5.70. The van der Waals surface area contributed by atoms with Gasteiger partial charge in [0.1, 0.15) is 23.7 Å². The second-order valence-electron chi connectivity index (χ2n) is 5.70. The van der Waals surface area contributed by atoms with E-state index in [9.17, 15) is 5.11 Å². The van der Waals surface area contributed by atoms with E-state index in [4.69, 9.17) is 14.2 Å². The normalized spacial score (nSPS) is 39.5. The summed E-state index contributed by atoms with van der Waals surface area (Å²) in [4.78, 5) is 1.07. The van der Waals surface area contributed by atoms with Crippen molar-refractivity contribution in [2.24, 2.45) is 0 Å². The fourth-order valence-electron chi connectivity index (χ4n) is 2.70. The predicted molar refractivity (Wildman–Crippen MR) is 76.5 cm³/mol. The van der Waals surface area contributed by atoms with E-state index in [1.165, 1.54) is 11.8 Å². The van der Waals surface area contributed by atoms with E-state index in [0.29, 0.717) is 0 Å². The molecule has 0 radical (unpaired) electrons. The average Bonchev–Trinajstić information content (AvgIpc) is 2.74. The van der Waals surface area contributed by atoms with Crippen LogP contribution in [0.1, 0.15) is 20.8 Å². The highest BCUT2D eigenvalue weighted by molar-refractivity contribution is 7.99. The number of rotatable bonds is 2. The van der Waals surface area contributed by atoms with Crippen molar-refractivity contribution in [1.82, 2.24) is 0 Å². The van der Waals surface area contributed by atoms with Crippen molar-refractivity contribution < 1.29 is 19.3 Å². The summed E-state index contributed by atoms with van der Waals surface area (Å²) in [7, 11) is 0. The van der Waals surface area contributed by atoms with Crippen LogP contribution in [0.5, 0.6) is 0 Å². The standard InChI is InChI=1S/C15H20O4S/c1-9-12-13(19-15(2,3)18-12)11(16)14(17-9)20-10-7-5-4-6-8-10/h4-9,11-14,16H,1-3H3/t9?,11-,12+,13?,14+/m0/s1. The van der Waals surface area contributed by atoms with Crippen LogP contribution in [0.25, 0.3) is 0 Å². The number of hydrogen-bond acceptors (Lipinski definition) is 5. The number of benzene rings is 1. The van der Waals surface area contributed by atoms with Crippen molar-refractivity contribution in [3.05, 3.63) is 30.3 Å². The molecule has 4 nitrogen and oxygen atoms in total. The van der Waals surface area contributed by atoms with Crippen LogP contribution in [0.3, 0.4) is 0 Å². The monoisotopic (exact) mass is 296 g/mol. The van der Waals surface area contributed by atoms with Crippen molar-refractivity contribution in [3.63, 3.8) is 0 Å². The first-order chi connectivity index (χ1) is 9.46. The molecule has 0 spiro atoms. The largest absolute Gasteiger partial charge is 0.387 e. The van der Waals surface area contributed by atoms with Gasteiger partial charge in [0, 0.05) is 4.90 Å². The highest BCUT2D eigenvalue weighted by Gasteiger charge is 2.53. The Labute approximate surface area is 123 Å². The van der Waals surface area contributed by atoms with E-state index < -0.39 is 11.9 Å². The van der Waals surface area contributed by atoms with Gasteiger partial charge in [-0.15, -0.1) is 0 Å². The summed E-state index contributed by atoms with van der Waals surface area (Å²) in [5.74, 6) is -0.666. The van der Waals surface area contributed by atoms with E-state index in [1.54, 1.807) is 0 Å². The van der Waals surface area contributed by atoms with Crippen LogP contribution in [-0.2, 0) is 14.2 Å². The molecule has 2 aliphatic rings. The van der Waals surface area contributed by atoms with Crippen LogP contribution in [0.4, 0.5) is 0 Å². The Balaban J connectivity index is 1.75. The van der Waals surface area contributed by atoms with Crippen molar-refractivity contribution in [3.8, 4) is 0 Å². The molecule has 110 valence electrons. The number of aliphatic hydroxyl groups excluding tert-OH is 1. The van der Waals surface area contributed by atoms with Crippen LogP contribution < -0.4 is 0 Å². The molecule has 1 aromatic rings. The molecule has 0 bridgehead atoms. The lowest BCUT2D eigenvalue weighted by Crippen LogP contribution is -2.54. The first kappa shape index (κ1) is 14.4. The molecule has 3 rings (SSSR count). The molecule has 5 heteroatoms. The zero-order valence-electron chi connectivity index (χ0n) is 11.9. The highest BCUT2D eigenvalue weighted by atomic mass is 32.2. The fraction of sp³-hybridized carbons (Fsp3) is 0.600. The summed E-state index contributed by atoms with van der Waals surface area (Å²) >= 11 is 1.52. The van der Waals surface area contributed by atoms with E-state index in [1.807, 2.05) is 51.1 Å². The van der Waals surface area contributed by atoms with E-state index in [0.717, 1.165) is 4.90 Å². The maximum Gasteiger partial charge on any atom is 0.164 e. The van der Waals surface area contributed by atoms with Gasteiger partial charge in [0.15, 0.2) is 5.79 Å². The lowest BCUT2D eigenvalue weighted by Gasteiger charge is -2.38. The third kappa shape index (κ3) is 2.73. The molecule has 1 aromatic carbocycles. The molecule has 0 aliphatic carbocycles. The van der Waals surface area contributed by atoms with E-state index in [2.05, 4.69) is 0 Å². The maximum atomic E-state index is 10.5. The number of ether oxygens (including phenoxy) is 3. The van der Waals surface area contributed by atoms with Crippen molar-refractivity contribution in [1.29, 1.82) is 0 Å². The van der Waals surface area contributed by atoms with Gasteiger partial charge in [-0.1, -0.05) is 30.0 Å². The van der Waals surface area contributed by atoms with Gasteiger partial charge in [-0.2, -0.15) is 0 Å². The molecular weight excluding hydrogens is 276 g/mol. The van der Waals surface area contributed by atoms with Crippen molar-refractivity contribution >= 4 is 11.8 Å². The lowest BCUT2D eigenvalue weighted by atomic mass is 10.0. The lowest BCUT2D eigenvalue weighted by molar-refractivity contribution is -0.153. The molecule has 20 heavy (non-hydrogen) atoms. The van der Waals surface area contributed by atoms with Gasteiger partial charge in [-0.3, -0.25) is 0 Å². The summed E-state index contributed by atoms with van der Waals surface area (Å²) in [6.07, 6.45) is -1.36. The smallest absolute Gasteiger partial charge is 0.164 e. The Hall–Kier alpha value is -0.590. The third-order valence-corrected chi connectivity index (χ3v) is 4.75. The molecule has 2 aliphatic heterocycles. The first-order valence-electron chi connectivity index (χ1n) is 6.87. The molecule has 0 aromatic heterocycles. The molecule has 2 saturated heterocycles. The van der Waals surface area contributed by atoms with Crippen LogP contribution in [0.2, 0.25) is 0 Å². The quantitative estimate of drug-likeness (QED) is 0.908. The number of aliphatic hydroxyl groups is 1. The Morgan fingerprint density at radius 2 is 1.75 bits per heavy atom. The van der Waals surface area contributed by atoms with Crippen molar-refractivity contribution in [2.45, 2.75) is 61.3 Å². The SMILES string of the molecule is CC1O[C@H](Sc2ccccc2)[C@@H](O)C2OC(C)(C)O[C@H]12. The van der Waals surface area contributed by atoms with Crippen LogP contribution in [-0.4, -0.2) is 40.7 Å². The Morgan fingerprint density at radius 3 is 2.45 bits per heavy atom. The maximum absolute atomic E-state index is 10.5. The fourth-order valence-corrected chi connectivity index (χ4v) is 3.81. The minimum absolute atomic E-state index is 0.105. The van der Waals surface area contributed by atoms with E-state index in [-0.39, 0.29) is 23.7 Å². The molecule has 2 fully saturated rings. The zero-order valence-corrected chi connectivity index (χ0v) is 12.7. The average molecular weight is 296 g/mol. The third-order valence-electron chi connectivity index (χ3n) is 3.59. The van der Waals surface area contributed by atoms with E-state index >= 15 is 0 Å². The van der Waals surface area contributed by atoms with Gasteiger partial charge >= 0.3 is 0 Å². The number of fused-ring (bicyclic) bond motifs is 1. The topological polar surface area (TPSA) is 47.9 Å². The Morgan fingerprint density at radius 1 is 1.10 bits per heavy atom. The minimum atomic E-state index is -0.705. The molecule has 0 saturated carbocycles. The Kier molecular flexibility index (Phi) is 3.81. The molecule has 0 amide bonds. The van der Waals surface area contributed by atoms with Gasteiger partial charge in [0.05, 0.1) is 6.10 Å². The van der Waals surface area contributed by atoms with Gasteiger partial charge in [-0.05, 0) is 32.9 Å². The molecular formula is C15H20O4S. The summed E-state index contributed by atoms with van der Waals surface area (Å²) < 4.78 is 17.6. The van der Waals surface area contributed by atoms with Gasteiger partial charge in [0.25, 0.3) is 0 Å². The van der Waals surface area contributed by atoms with Crippen molar-refractivity contribution in [2.75, 3.05) is 0 Å². The minimum Gasteiger partial charge on any atom is -0.387 e. The van der Waals surface area contributed by atoms with Crippen LogP contribution in [0.15, 0.2) is 35.2 Å². The number of thioether (sulfide) groups is 1. The molecule has 5 atom stereocenters. The summed E-state index contributed by atoms with van der Waals surface area (Å²) in [5.41, 5.74) is -0.342. The highest BCUT2D eigenvalue weighted by Crippen LogP contribution is 2.41. The second kappa shape index (κ2) is 5.31. The molecule has 2 heterocycles.